The quantitative estimate of drug-likeness (QED) is 0.333. The van der Waals surface area contributed by atoms with Crippen molar-refractivity contribution in [1.29, 1.82) is 0 Å². The number of benzene rings is 2. The van der Waals surface area contributed by atoms with Crippen LogP contribution in [-0.4, -0.2) is 43.2 Å². The highest BCUT2D eigenvalue weighted by atomic mass is 35.5. The molecule has 0 radical (unpaired) electrons. The first-order chi connectivity index (χ1) is 13.8. The number of nitrogens with one attached hydrogen (secondary N) is 1. The maximum absolute atomic E-state index is 13.2. The van der Waals surface area contributed by atoms with E-state index in [0.29, 0.717) is 16.3 Å². The Morgan fingerprint density at radius 3 is 2.38 bits per heavy atom. The number of carbonyl (C=O) groups is 1. The first-order valence-corrected chi connectivity index (χ1v) is 10.6. The standard InChI is InChI=1S/C19H22ClFN2O5S/c1-14(19(24)22-25)23(13-15-3-5-16(20)6-4-15)29(26,27)18-9-7-17(8-10-18)28-12-2-11-21/h3-10,14,25H,2,11-13H2,1H3,(H,22,24). The molecule has 1 unspecified atom stereocenters. The number of alkyl halides is 1. The lowest BCUT2D eigenvalue weighted by Gasteiger charge is -2.27. The van der Waals surface area contributed by atoms with E-state index in [1.807, 2.05) is 0 Å². The second kappa shape index (κ2) is 10.5. The summed E-state index contributed by atoms with van der Waals surface area (Å²) in [5.74, 6) is -0.462. The summed E-state index contributed by atoms with van der Waals surface area (Å²) in [6.07, 6.45) is 0.239. The predicted octanol–water partition coefficient (Wildman–Crippen LogP) is 3.16. The van der Waals surface area contributed by atoms with Crippen molar-refractivity contribution < 1.29 is 27.5 Å². The Morgan fingerprint density at radius 1 is 1.21 bits per heavy atom. The topological polar surface area (TPSA) is 95.9 Å². The van der Waals surface area contributed by atoms with Gasteiger partial charge in [-0.1, -0.05) is 23.7 Å². The molecule has 158 valence electrons. The van der Waals surface area contributed by atoms with Crippen LogP contribution in [0.3, 0.4) is 0 Å². The van der Waals surface area contributed by atoms with Gasteiger partial charge in [0.1, 0.15) is 11.8 Å². The number of ether oxygens (including phenoxy) is 1. The highest BCUT2D eigenvalue weighted by molar-refractivity contribution is 7.89. The summed E-state index contributed by atoms with van der Waals surface area (Å²) in [6, 6.07) is 11.0. The molecular formula is C19H22ClFN2O5S. The van der Waals surface area contributed by atoms with Gasteiger partial charge >= 0.3 is 0 Å². The Balaban J connectivity index is 2.31. The normalized spacial score (nSPS) is 12.6. The molecule has 29 heavy (non-hydrogen) atoms. The average Bonchev–Trinajstić information content (AvgIpc) is 2.72. The lowest BCUT2D eigenvalue weighted by atomic mass is 10.2. The smallest absolute Gasteiger partial charge is 0.261 e. The first-order valence-electron chi connectivity index (χ1n) is 8.78. The molecule has 1 atom stereocenters. The second-order valence-corrected chi connectivity index (χ2v) is 8.52. The Hall–Kier alpha value is -2.20. The number of sulfonamides is 1. The molecular weight excluding hydrogens is 423 g/mol. The van der Waals surface area contributed by atoms with Crippen molar-refractivity contribution >= 4 is 27.5 Å². The van der Waals surface area contributed by atoms with Crippen molar-refractivity contribution in [3.05, 3.63) is 59.1 Å². The van der Waals surface area contributed by atoms with Gasteiger partial charge in [0.2, 0.25) is 10.0 Å². The number of hydrogen-bond acceptors (Lipinski definition) is 5. The molecule has 0 spiro atoms. The van der Waals surface area contributed by atoms with Gasteiger partial charge in [-0.25, -0.2) is 13.9 Å². The van der Waals surface area contributed by atoms with Gasteiger partial charge in [0.15, 0.2) is 0 Å². The van der Waals surface area contributed by atoms with E-state index in [0.717, 1.165) is 4.31 Å². The molecule has 10 heteroatoms. The molecule has 2 aromatic rings. The molecule has 2 aromatic carbocycles. The number of amides is 1. The van der Waals surface area contributed by atoms with E-state index in [9.17, 15) is 17.6 Å². The fourth-order valence-electron chi connectivity index (χ4n) is 2.51. The molecule has 2 N–H and O–H groups in total. The zero-order valence-corrected chi connectivity index (χ0v) is 17.3. The number of hydrogen-bond donors (Lipinski definition) is 2. The SMILES string of the molecule is CC(C(=O)NO)N(Cc1ccc(Cl)cc1)S(=O)(=O)c1ccc(OCCCF)cc1. The van der Waals surface area contributed by atoms with Crippen molar-refractivity contribution in [2.24, 2.45) is 0 Å². The summed E-state index contributed by atoms with van der Waals surface area (Å²) in [7, 11) is -4.09. The Bertz CT molecular complexity index is 907. The molecule has 0 aromatic heterocycles. The largest absolute Gasteiger partial charge is 0.493 e. The van der Waals surface area contributed by atoms with Gasteiger partial charge in [0.05, 0.1) is 18.2 Å². The maximum atomic E-state index is 13.2. The molecule has 0 aliphatic rings. The van der Waals surface area contributed by atoms with Crippen LogP contribution in [0.15, 0.2) is 53.4 Å². The summed E-state index contributed by atoms with van der Waals surface area (Å²) >= 11 is 5.87. The van der Waals surface area contributed by atoms with Gasteiger partial charge in [0.25, 0.3) is 5.91 Å². The van der Waals surface area contributed by atoms with Crippen LogP contribution in [0.4, 0.5) is 4.39 Å². The van der Waals surface area contributed by atoms with E-state index in [4.69, 9.17) is 21.5 Å². The third-order valence-corrected chi connectivity index (χ3v) is 6.33. The van der Waals surface area contributed by atoms with E-state index in [1.54, 1.807) is 24.3 Å². The molecule has 7 nitrogen and oxygen atoms in total. The van der Waals surface area contributed by atoms with E-state index >= 15 is 0 Å². The van der Waals surface area contributed by atoms with Crippen molar-refractivity contribution in [3.8, 4) is 5.75 Å². The minimum absolute atomic E-state index is 0.0538. The van der Waals surface area contributed by atoms with Crippen LogP contribution in [0.25, 0.3) is 0 Å². The lowest BCUT2D eigenvalue weighted by molar-refractivity contribution is -0.132. The minimum Gasteiger partial charge on any atom is -0.493 e. The van der Waals surface area contributed by atoms with E-state index in [-0.39, 0.29) is 24.5 Å². The molecule has 1 amide bonds. The third kappa shape index (κ3) is 6.14. The summed E-state index contributed by atoms with van der Waals surface area (Å²) in [4.78, 5) is 11.9. The summed E-state index contributed by atoms with van der Waals surface area (Å²) in [5, 5.41) is 9.44. The third-order valence-electron chi connectivity index (χ3n) is 4.15. The zero-order chi connectivity index (χ0) is 21.4. The molecule has 0 saturated heterocycles. The summed E-state index contributed by atoms with van der Waals surface area (Å²) in [6.45, 7) is 0.937. The monoisotopic (exact) mass is 444 g/mol. The van der Waals surface area contributed by atoms with Crippen LogP contribution in [0.2, 0.25) is 5.02 Å². The van der Waals surface area contributed by atoms with Crippen LogP contribution in [-0.2, 0) is 21.4 Å². The minimum atomic E-state index is -4.09. The van der Waals surface area contributed by atoms with Crippen LogP contribution >= 0.6 is 11.6 Å². The lowest BCUT2D eigenvalue weighted by Crippen LogP contribution is -2.46. The van der Waals surface area contributed by atoms with Crippen molar-refractivity contribution in [1.82, 2.24) is 9.79 Å². The zero-order valence-electron chi connectivity index (χ0n) is 15.7. The van der Waals surface area contributed by atoms with Crippen molar-refractivity contribution in [2.75, 3.05) is 13.3 Å². The predicted molar refractivity (Wildman–Crippen MR) is 106 cm³/mol. The Morgan fingerprint density at radius 2 is 1.83 bits per heavy atom. The van der Waals surface area contributed by atoms with E-state index < -0.39 is 28.6 Å². The Labute approximate surface area is 174 Å². The molecule has 0 bridgehead atoms. The van der Waals surface area contributed by atoms with Crippen LogP contribution in [0.5, 0.6) is 5.75 Å². The highest BCUT2D eigenvalue weighted by Gasteiger charge is 2.33. The molecule has 0 aliphatic heterocycles. The number of halogens is 2. The number of carbonyl (C=O) groups excluding carboxylic acids is 1. The van der Waals surface area contributed by atoms with Gasteiger partial charge in [-0.2, -0.15) is 4.31 Å². The summed E-state index contributed by atoms with van der Waals surface area (Å²) in [5.41, 5.74) is 2.10. The first kappa shape index (κ1) is 23.1. The van der Waals surface area contributed by atoms with Crippen molar-refractivity contribution in [2.45, 2.75) is 30.8 Å². The van der Waals surface area contributed by atoms with Crippen LogP contribution in [0.1, 0.15) is 18.9 Å². The fourth-order valence-corrected chi connectivity index (χ4v) is 4.22. The molecule has 0 fully saturated rings. The maximum Gasteiger partial charge on any atom is 0.261 e. The number of rotatable bonds is 10. The fraction of sp³-hybridized carbons (Fsp3) is 0.316. The molecule has 0 heterocycles. The van der Waals surface area contributed by atoms with Crippen molar-refractivity contribution in [3.63, 3.8) is 0 Å². The molecule has 0 saturated carbocycles. The summed E-state index contributed by atoms with van der Waals surface area (Å²) < 4.78 is 44.8. The Kier molecular flexibility index (Phi) is 8.39. The van der Waals surface area contributed by atoms with Crippen LogP contribution < -0.4 is 10.2 Å². The van der Waals surface area contributed by atoms with Crippen LogP contribution in [0, 0.1) is 0 Å². The molecule has 0 aliphatic carbocycles. The van der Waals surface area contributed by atoms with Gasteiger partial charge in [0, 0.05) is 18.0 Å². The van der Waals surface area contributed by atoms with Gasteiger partial charge in [-0.15, -0.1) is 0 Å². The molecule has 2 rings (SSSR count). The average molecular weight is 445 g/mol. The van der Waals surface area contributed by atoms with Gasteiger partial charge in [-0.05, 0) is 48.9 Å². The number of nitrogens with zero attached hydrogens (tertiary/aromatic N) is 1. The van der Waals surface area contributed by atoms with Gasteiger partial charge < -0.3 is 4.74 Å². The number of hydroxylamine groups is 1. The van der Waals surface area contributed by atoms with E-state index in [1.165, 1.54) is 36.7 Å². The highest BCUT2D eigenvalue weighted by Crippen LogP contribution is 2.24. The second-order valence-electron chi connectivity index (χ2n) is 6.19. The van der Waals surface area contributed by atoms with E-state index in [2.05, 4.69) is 0 Å². The van der Waals surface area contributed by atoms with Gasteiger partial charge in [-0.3, -0.25) is 14.4 Å².